The van der Waals surface area contributed by atoms with E-state index in [9.17, 15) is 9.59 Å². The van der Waals surface area contributed by atoms with E-state index in [4.69, 9.17) is 0 Å². The smallest absolute Gasteiger partial charge is 0.267 e. The highest BCUT2D eigenvalue weighted by Gasteiger charge is 2.12. The van der Waals surface area contributed by atoms with E-state index >= 15 is 0 Å². The zero-order valence-electron chi connectivity index (χ0n) is 11.4. The molecule has 0 bridgehead atoms. The second kappa shape index (κ2) is 5.23. The number of nitrogens with one attached hydrogen (secondary N) is 4. The Bertz CT molecular complexity index is 844. The number of amides is 1. The topological polar surface area (TPSA) is 119 Å². The first-order chi connectivity index (χ1) is 10.1. The molecule has 8 nitrogen and oxygen atoms in total. The van der Waals surface area contributed by atoms with Crippen molar-refractivity contribution in [2.24, 2.45) is 0 Å². The first-order valence-corrected chi connectivity index (χ1v) is 6.46. The summed E-state index contributed by atoms with van der Waals surface area (Å²) in [5.41, 5.74) is 2.25. The summed E-state index contributed by atoms with van der Waals surface area (Å²) >= 11 is 0. The Hall–Kier alpha value is -2.90. The van der Waals surface area contributed by atoms with Crippen LogP contribution in [-0.2, 0) is 17.8 Å². The van der Waals surface area contributed by atoms with E-state index in [1.54, 1.807) is 13.1 Å². The molecule has 1 amide bonds. The van der Waals surface area contributed by atoms with Gasteiger partial charge in [-0.15, -0.1) is 0 Å². The first kappa shape index (κ1) is 13.1. The fraction of sp³-hybridized carbons (Fsp3) is 0.231. The number of carbonyl (C=O) groups excluding carboxylic acids is 1. The van der Waals surface area contributed by atoms with E-state index < -0.39 is 0 Å². The fourth-order valence-corrected chi connectivity index (χ4v) is 2.13. The maximum atomic E-state index is 11.9. The van der Waals surface area contributed by atoms with Gasteiger partial charge in [-0.25, -0.2) is 4.98 Å². The third-order valence-corrected chi connectivity index (χ3v) is 3.30. The molecule has 0 aliphatic carbocycles. The van der Waals surface area contributed by atoms with Crippen molar-refractivity contribution >= 4 is 16.9 Å². The third-order valence-electron chi connectivity index (χ3n) is 3.30. The quantitative estimate of drug-likeness (QED) is 0.545. The molecule has 8 heteroatoms. The predicted molar refractivity (Wildman–Crippen MR) is 75.6 cm³/mol. The number of aryl methyl sites for hydroxylation is 1. The van der Waals surface area contributed by atoms with Crippen molar-refractivity contribution in [2.75, 3.05) is 0 Å². The summed E-state index contributed by atoms with van der Waals surface area (Å²) in [7, 11) is 0. The highest BCUT2D eigenvalue weighted by Crippen LogP contribution is 2.12. The molecular weight excluding hydrogens is 272 g/mol. The van der Waals surface area contributed by atoms with Crippen molar-refractivity contribution in [2.45, 2.75) is 19.9 Å². The number of aromatic amines is 3. The van der Waals surface area contributed by atoms with Crippen LogP contribution in [0.15, 0.2) is 23.1 Å². The van der Waals surface area contributed by atoms with Gasteiger partial charge >= 0.3 is 0 Å². The van der Waals surface area contributed by atoms with Crippen LogP contribution in [0, 0.1) is 6.92 Å². The van der Waals surface area contributed by atoms with Crippen LogP contribution in [0.4, 0.5) is 0 Å². The van der Waals surface area contributed by atoms with Gasteiger partial charge in [-0.1, -0.05) is 0 Å². The maximum Gasteiger partial charge on any atom is 0.267 e. The van der Waals surface area contributed by atoms with Gasteiger partial charge in [-0.05, 0) is 19.1 Å². The molecule has 0 spiro atoms. The van der Waals surface area contributed by atoms with Crippen LogP contribution in [-0.4, -0.2) is 31.3 Å². The van der Waals surface area contributed by atoms with Gasteiger partial charge in [0.2, 0.25) is 5.91 Å². The third kappa shape index (κ3) is 2.55. The van der Waals surface area contributed by atoms with E-state index in [0.717, 1.165) is 11.1 Å². The number of rotatable bonds is 4. The number of hydrogen-bond acceptors (Lipinski definition) is 4. The van der Waals surface area contributed by atoms with E-state index in [0.29, 0.717) is 23.4 Å². The van der Waals surface area contributed by atoms with Gasteiger partial charge in [0.1, 0.15) is 0 Å². The van der Waals surface area contributed by atoms with Gasteiger partial charge in [0.15, 0.2) is 5.65 Å². The van der Waals surface area contributed by atoms with Crippen molar-refractivity contribution in [1.29, 1.82) is 0 Å². The SMILES string of the molecule is Cc1[nH][nH]c(=O)c1CC(=O)NCc1[nH]nc2ncccc12. The fourth-order valence-electron chi connectivity index (χ4n) is 2.13. The van der Waals surface area contributed by atoms with Gasteiger partial charge < -0.3 is 10.4 Å². The number of H-pyrrole nitrogens is 3. The van der Waals surface area contributed by atoms with Crippen molar-refractivity contribution in [3.63, 3.8) is 0 Å². The Morgan fingerprint density at radius 3 is 3.00 bits per heavy atom. The molecule has 0 fully saturated rings. The minimum atomic E-state index is -0.265. The Morgan fingerprint density at radius 2 is 2.24 bits per heavy atom. The molecule has 0 aromatic carbocycles. The predicted octanol–water partition coefficient (Wildman–Crippen LogP) is 0.142. The molecule has 4 N–H and O–H groups in total. The van der Waals surface area contributed by atoms with Crippen LogP contribution in [0.5, 0.6) is 0 Å². The van der Waals surface area contributed by atoms with Gasteiger partial charge in [0.25, 0.3) is 5.56 Å². The van der Waals surface area contributed by atoms with Crippen LogP contribution in [0.1, 0.15) is 17.0 Å². The Kier molecular flexibility index (Phi) is 3.27. The van der Waals surface area contributed by atoms with E-state index in [1.165, 1.54) is 0 Å². The van der Waals surface area contributed by atoms with Crippen LogP contribution in [0.25, 0.3) is 11.0 Å². The van der Waals surface area contributed by atoms with E-state index in [-0.39, 0.29) is 17.9 Å². The number of hydrogen-bond donors (Lipinski definition) is 4. The summed E-state index contributed by atoms with van der Waals surface area (Å²) in [6.45, 7) is 2.05. The average Bonchev–Trinajstić information content (AvgIpc) is 3.03. The highest BCUT2D eigenvalue weighted by molar-refractivity contribution is 5.80. The van der Waals surface area contributed by atoms with Crippen molar-refractivity contribution < 1.29 is 4.79 Å². The summed E-state index contributed by atoms with van der Waals surface area (Å²) < 4.78 is 0. The lowest BCUT2D eigenvalue weighted by molar-refractivity contribution is -0.120. The van der Waals surface area contributed by atoms with Gasteiger partial charge in [-0.2, -0.15) is 5.10 Å². The molecule has 0 atom stereocenters. The Labute approximate surface area is 119 Å². The molecule has 0 unspecified atom stereocenters. The van der Waals surface area contributed by atoms with Crippen molar-refractivity contribution in [1.82, 2.24) is 30.7 Å². The van der Waals surface area contributed by atoms with Crippen LogP contribution < -0.4 is 10.9 Å². The summed E-state index contributed by atoms with van der Waals surface area (Å²) in [5.74, 6) is -0.227. The van der Waals surface area contributed by atoms with Gasteiger partial charge in [0, 0.05) is 22.8 Å². The monoisotopic (exact) mass is 286 g/mol. The summed E-state index contributed by atoms with van der Waals surface area (Å²) in [5, 5.41) is 15.7. The number of fused-ring (bicyclic) bond motifs is 1. The van der Waals surface area contributed by atoms with Gasteiger partial charge in [0.05, 0.1) is 18.7 Å². The number of nitrogens with zero attached hydrogens (tertiary/aromatic N) is 2. The lowest BCUT2D eigenvalue weighted by Gasteiger charge is -2.03. The number of aromatic nitrogens is 5. The minimum Gasteiger partial charge on any atom is -0.350 e. The first-order valence-electron chi connectivity index (χ1n) is 6.46. The van der Waals surface area contributed by atoms with Crippen molar-refractivity contribution in [3.8, 4) is 0 Å². The zero-order chi connectivity index (χ0) is 14.8. The molecule has 0 radical (unpaired) electrons. The molecule has 0 aliphatic heterocycles. The number of carbonyl (C=O) groups is 1. The summed E-state index contributed by atoms with van der Waals surface area (Å²) in [4.78, 5) is 27.5. The minimum absolute atomic E-state index is 0.0367. The van der Waals surface area contributed by atoms with E-state index in [1.807, 2.05) is 12.1 Å². The standard InChI is InChI=1S/C13H14N6O2/c1-7-9(13(21)19-16-7)5-11(20)15-6-10-8-3-2-4-14-12(8)18-17-10/h2-4H,5-6H2,1H3,(H,15,20)(H,14,17,18)(H2,16,19,21). The molecule has 3 heterocycles. The molecule has 0 saturated heterocycles. The molecule has 3 aromatic heterocycles. The number of pyridine rings is 1. The second-order valence-corrected chi connectivity index (χ2v) is 4.71. The van der Waals surface area contributed by atoms with E-state index in [2.05, 4.69) is 30.7 Å². The lowest BCUT2D eigenvalue weighted by atomic mass is 10.2. The average molecular weight is 286 g/mol. The summed E-state index contributed by atoms with van der Waals surface area (Å²) in [6.07, 6.45) is 1.70. The molecule has 108 valence electrons. The molecule has 0 aliphatic rings. The molecule has 3 rings (SSSR count). The van der Waals surface area contributed by atoms with Crippen molar-refractivity contribution in [3.05, 3.63) is 45.6 Å². The Morgan fingerprint density at radius 1 is 1.38 bits per heavy atom. The van der Waals surface area contributed by atoms with Crippen LogP contribution in [0.3, 0.4) is 0 Å². The highest BCUT2D eigenvalue weighted by atomic mass is 16.2. The molecule has 0 saturated carbocycles. The second-order valence-electron chi connectivity index (χ2n) is 4.71. The lowest BCUT2D eigenvalue weighted by Crippen LogP contribution is -2.26. The molecule has 21 heavy (non-hydrogen) atoms. The zero-order valence-corrected chi connectivity index (χ0v) is 11.4. The molecule has 3 aromatic rings. The van der Waals surface area contributed by atoms with Crippen LogP contribution >= 0.6 is 0 Å². The van der Waals surface area contributed by atoms with Gasteiger partial charge in [-0.3, -0.25) is 19.8 Å². The molecular formula is C13H14N6O2. The maximum absolute atomic E-state index is 11.9. The largest absolute Gasteiger partial charge is 0.350 e. The normalized spacial score (nSPS) is 10.9. The van der Waals surface area contributed by atoms with Crippen LogP contribution in [0.2, 0.25) is 0 Å². The Balaban J connectivity index is 1.68. The summed E-state index contributed by atoms with van der Waals surface area (Å²) in [6, 6.07) is 3.69.